The van der Waals surface area contributed by atoms with Crippen molar-refractivity contribution in [3.8, 4) is 0 Å². The van der Waals surface area contributed by atoms with Crippen molar-refractivity contribution in [2.75, 3.05) is 0 Å². The van der Waals surface area contributed by atoms with Crippen LogP contribution in [0.1, 0.15) is 0 Å². The summed E-state index contributed by atoms with van der Waals surface area (Å²) in [6.07, 6.45) is 2.68. The van der Waals surface area contributed by atoms with Crippen molar-refractivity contribution < 1.29 is 14.4 Å². The number of amides is 1. The van der Waals surface area contributed by atoms with E-state index in [9.17, 15) is 14.4 Å². The summed E-state index contributed by atoms with van der Waals surface area (Å²) in [5.74, 6) is -1.72. The minimum Gasteiger partial charge on any atom is -0.298 e. The molecule has 0 atom stereocenters. The summed E-state index contributed by atoms with van der Waals surface area (Å²) in [6.45, 7) is 0. The molecule has 0 N–H and O–H groups in total. The Bertz CT molecular complexity index is 262. The van der Waals surface area contributed by atoms with Gasteiger partial charge in [0.25, 0.3) is 5.78 Å². The topological polar surface area (TPSA) is 63.6 Å². The summed E-state index contributed by atoms with van der Waals surface area (Å²) in [6, 6.07) is 0. The molecule has 0 aromatic carbocycles. The average Bonchev–Trinajstić information content (AvgIpc) is 1.95. The van der Waals surface area contributed by atoms with Crippen LogP contribution in [0.4, 0.5) is 0 Å². The molecule has 0 aromatic heterocycles. The predicted octanol–water partition coefficient (Wildman–Crippen LogP) is -0.708. The zero-order chi connectivity index (χ0) is 7.56. The molecular formula is C6H3NO3. The molecular weight excluding hydrogens is 134 g/mol. The molecule has 0 radical (unpaired) electrons. The van der Waals surface area contributed by atoms with Crippen molar-refractivity contribution in [1.29, 1.82) is 0 Å². The minimum atomic E-state index is -0.885. The van der Waals surface area contributed by atoms with E-state index in [4.69, 9.17) is 0 Å². The Morgan fingerprint density at radius 1 is 1.40 bits per heavy atom. The molecule has 4 heteroatoms. The van der Waals surface area contributed by atoms with Crippen molar-refractivity contribution in [2.24, 2.45) is 4.99 Å². The summed E-state index contributed by atoms with van der Waals surface area (Å²) in [7, 11) is 0. The third-order valence-corrected chi connectivity index (χ3v) is 1.03. The Labute approximate surface area is 56.2 Å². The van der Waals surface area contributed by atoms with Crippen LogP contribution in [0.5, 0.6) is 0 Å². The molecule has 0 bridgehead atoms. The van der Waals surface area contributed by atoms with Gasteiger partial charge in [0.05, 0.1) is 5.57 Å². The van der Waals surface area contributed by atoms with Crippen molar-refractivity contribution in [1.82, 2.24) is 0 Å². The molecule has 0 aliphatic carbocycles. The molecule has 0 aromatic rings. The lowest BCUT2D eigenvalue weighted by Gasteiger charge is -1.95. The summed E-state index contributed by atoms with van der Waals surface area (Å²) in [5, 5.41) is 0. The van der Waals surface area contributed by atoms with Crippen LogP contribution in [0.25, 0.3) is 0 Å². The second-order valence-electron chi connectivity index (χ2n) is 1.65. The first kappa shape index (κ1) is 6.54. The summed E-state index contributed by atoms with van der Waals surface area (Å²) >= 11 is 0. The zero-order valence-electron chi connectivity index (χ0n) is 4.90. The number of carbonyl (C=O) groups is 3. The van der Waals surface area contributed by atoms with E-state index in [-0.39, 0.29) is 5.57 Å². The van der Waals surface area contributed by atoms with E-state index in [0.717, 1.165) is 6.21 Å². The largest absolute Gasteiger partial charge is 0.318 e. The number of dihydropyridines is 1. The van der Waals surface area contributed by atoms with Gasteiger partial charge in [-0.1, -0.05) is 0 Å². The van der Waals surface area contributed by atoms with Gasteiger partial charge in [-0.15, -0.1) is 0 Å². The fourth-order valence-corrected chi connectivity index (χ4v) is 0.536. The van der Waals surface area contributed by atoms with E-state index in [1.807, 2.05) is 0 Å². The molecule has 50 valence electrons. The van der Waals surface area contributed by atoms with Crippen LogP contribution in [0.15, 0.2) is 16.6 Å². The van der Waals surface area contributed by atoms with Gasteiger partial charge in [-0.3, -0.25) is 14.4 Å². The Kier molecular flexibility index (Phi) is 1.53. The highest BCUT2D eigenvalue weighted by atomic mass is 16.2. The SMILES string of the molecule is O=CC1=CC=NC(=O)C1=O. The van der Waals surface area contributed by atoms with E-state index in [0.29, 0.717) is 6.29 Å². The van der Waals surface area contributed by atoms with Crippen LogP contribution >= 0.6 is 0 Å². The van der Waals surface area contributed by atoms with Gasteiger partial charge in [-0.05, 0) is 6.08 Å². The fourth-order valence-electron chi connectivity index (χ4n) is 0.536. The molecule has 0 saturated carbocycles. The molecule has 1 rings (SSSR count). The van der Waals surface area contributed by atoms with Gasteiger partial charge < -0.3 is 0 Å². The minimum absolute atomic E-state index is 0.139. The van der Waals surface area contributed by atoms with Gasteiger partial charge in [-0.25, -0.2) is 4.99 Å². The summed E-state index contributed by atoms with van der Waals surface area (Å²) in [5.41, 5.74) is -0.139. The van der Waals surface area contributed by atoms with Crippen LogP contribution in [0.3, 0.4) is 0 Å². The molecule has 1 aliphatic heterocycles. The number of hydrogen-bond acceptors (Lipinski definition) is 3. The lowest BCUT2D eigenvalue weighted by Crippen LogP contribution is -2.18. The van der Waals surface area contributed by atoms with Crippen molar-refractivity contribution in [3.05, 3.63) is 11.6 Å². The first-order valence-corrected chi connectivity index (χ1v) is 2.54. The molecule has 1 heterocycles. The fraction of sp³-hybridized carbons (Fsp3) is 0. The van der Waals surface area contributed by atoms with Gasteiger partial charge in [0, 0.05) is 6.21 Å². The van der Waals surface area contributed by atoms with Crippen LogP contribution < -0.4 is 0 Å². The number of hydrogen-bond donors (Lipinski definition) is 0. The maximum atomic E-state index is 10.6. The van der Waals surface area contributed by atoms with E-state index in [1.165, 1.54) is 6.08 Å². The van der Waals surface area contributed by atoms with E-state index in [1.54, 1.807) is 0 Å². The van der Waals surface area contributed by atoms with Crippen molar-refractivity contribution in [3.63, 3.8) is 0 Å². The van der Waals surface area contributed by atoms with Crippen LogP contribution in [0.2, 0.25) is 0 Å². The Hall–Kier alpha value is -1.58. The van der Waals surface area contributed by atoms with E-state index in [2.05, 4.69) is 4.99 Å². The van der Waals surface area contributed by atoms with Gasteiger partial charge in [0.1, 0.15) is 0 Å². The lowest BCUT2D eigenvalue weighted by atomic mass is 10.1. The smallest absolute Gasteiger partial charge is 0.298 e. The van der Waals surface area contributed by atoms with Gasteiger partial charge in [0.2, 0.25) is 0 Å². The third-order valence-electron chi connectivity index (χ3n) is 1.03. The second kappa shape index (κ2) is 2.34. The number of allylic oxidation sites excluding steroid dienone is 1. The summed E-state index contributed by atoms with van der Waals surface area (Å²) < 4.78 is 0. The predicted molar refractivity (Wildman–Crippen MR) is 32.7 cm³/mol. The Morgan fingerprint density at radius 3 is 2.60 bits per heavy atom. The average molecular weight is 137 g/mol. The van der Waals surface area contributed by atoms with Crippen LogP contribution in [-0.4, -0.2) is 24.2 Å². The number of rotatable bonds is 1. The van der Waals surface area contributed by atoms with Gasteiger partial charge in [0.15, 0.2) is 6.29 Å². The van der Waals surface area contributed by atoms with Crippen LogP contribution in [0, 0.1) is 0 Å². The first-order valence-electron chi connectivity index (χ1n) is 2.54. The maximum absolute atomic E-state index is 10.6. The van der Waals surface area contributed by atoms with Gasteiger partial charge >= 0.3 is 5.91 Å². The molecule has 0 saturated heterocycles. The molecule has 10 heavy (non-hydrogen) atoms. The van der Waals surface area contributed by atoms with Gasteiger partial charge in [-0.2, -0.15) is 0 Å². The molecule has 0 unspecified atom stereocenters. The highest BCUT2D eigenvalue weighted by molar-refractivity contribution is 6.49. The normalized spacial score (nSPS) is 17.0. The molecule has 1 amide bonds. The van der Waals surface area contributed by atoms with Crippen LogP contribution in [-0.2, 0) is 14.4 Å². The molecule has 0 spiro atoms. The van der Waals surface area contributed by atoms with E-state index >= 15 is 0 Å². The zero-order valence-corrected chi connectivity index (χ0v) is 4.90. The third kappa shape index (κ3) is 0.907. The summed E-state index contributed by atoms with van der Waals surface area (Å²) in [4.78, 5) is 34.2. The number of aldehydes is 1. The quantitative estimate of drug-likeness (QED) is 0.272. The van der Waals surface area contributed by atoms with Crippen molar-refractivity contribution in [2.45, 2.75) is 0 Å². The maximum Gasteiger partial charge on any atom is 0.318 e. The Balaban J connectivity index is 3.03. The Morgan fingerprint density at radius 2 is 2.10 bits per heavy atom. The number of nitrogens with zero attached hydrogens (tertiary/aromatic N) is 1. The highest BCUT2D eigenvalue weighted by Crippen LogP contribution is 1.97. The first-order chi connectivity index (χ1) is 4.75. The standard InChI is InChI=1S/C6H3NO3/c8-3-4-1-2-7-6(10)5(4)9/h1-3H. The van der Waals surface area contributed by atoms with E-state index < -0.39 is 11.7 Å². The monoisotopic (exact) mass is 137 g/mol. The number of carbonyl (C=O) groups excluding carboxylic acids is 3. The number of Topliss-reactive ketones (excluding diaryl/α,β-unsaturated/α-hetero) is 1. The molecule has 0 fully saturated rings. The lowest BCUT2D eigenvalue weighted by molar-refractivity contribution is -0.134. The highest BCUT2D eigenvalue weighted by Gasteiger charge is 2.19. The molecule has 1 aliphatic rings. The number of aliphatic imine (C=N–C) groups is 1. The molecule has 4 nitrogen and oxygen atoms in total. The second-order valence-corrected chi connectivity index (χ2v) is 1.65. The number of ketones is 1. The van der Waals surface area contributed by atoms with Crippen molar-refractivity contribution >= 4 is 24.2 Å².